The summed E-state index contributed by atoms with van der Waals surface area (Å²) in [7, 11) is -3.72. The summed E-state index contributed by atoms with van der Waals surface area (Å²) in [4.78, 5) is 25.2. The third-order valence-corrected chi connectivity index (χ3v) is 6.38. The summed E-state index contributed by atoms with van der Waals surface area (Å²) >= 11 is 6.10. The first-order valence-corrected chi connectivity index (χ1v) is 12.0. The molecule has 0 aliphatic rings. The van der Waals surface area contributed by atoms with Gasteiger partial charge in [-0.05, 0) is 48.0 Å². The molecule has 0 aliphatic carbocycles. The highest BCUT2D eigenvalue weighted by Crippen LogP contribution is 2.28. The molecule has 0 atom stereocenters. The summed E-state index contributed by atoms with van der Waals surface area (Å²) in [6, 6.07) is 14.6. The number of benzene rings is 3. The van der Waals surface area contributed by atoms with Crippen molar-refractivity contribution in [1.82, 2.24) is 9.78 Å². The van der Waals surface area contributed by atoms with E-state index in [-0.39, 0.29) is 33.5 Å². The second-order valence-corrected chi connectivity index (χ2v) is 9.77. The van der Waals surface area contributed by atoms with Crippen LogP contribution in [0.1, 0.15) is 15.9 Å². The Morgan fingerprint density at radius 2 is 1.79 bits per heavy atom. The van der Waals surface area contributed by atoms with Gasteiger partial charge in [0.05, 0.1) is 16.8 Å². The number of carbonyl (C=O) groups is 2. The number of anilines is 1. The maximum atomic E-state index is 13.2. The molecule has 1 aromatic heterocycles. The van der Waals surface area contributed by atoms with E-state index in [4.69, 9.17) is 11.6 Å². The average molecular weight is 486 g/mol. The number of amides is 1. The monoisotopic (exact) mass is 485 g/mol. The minimum atomic E-state index is -3.72. The van der Waals surface area contributed by atoms with Gasteiger partial charge in [-0.2, -0.15) is 5.10 Å². The van der Waals surface area contributed by atoms with E-state index in [1.54, 1.807) is 24.3 Å². The summed E-state index contributed by atoms with van der Waals surface area (Å²) in [5.74, 6) is -1.45. The second-order valence-electron chi connectivity index (χ2n) is 7.38. The smallest absolute Gasteiger partial charge is 0.278 e. The first-order valence-electron chi connectivity index (χ1n) is 9.69. The standard InChI is InChI=1S/C23H17ClFN3O4S/c1-33(31,32)21-12-17(26-22(29)10-15-4-2-3-5-19(15)24)11-20-18(21)13-28(27-20)23(30)14-6-8-16(25)9-7-14/h2-9,11-13H,10H2,1H3,(H,26,29). The molecule has 33 heavy (non-hydrogen) atoms. The molecule has 4 aromatic rings. The van der Waals surface area contributed by atoms with Crippen molar-refractivity contribution in [3.05, 3.63) is 88.8 Å². The van der Waals surface area contributed by atoms with Gasteiger partial charge in [0.15, 0.2) is 9.84 Å². The van der Waals surface area contributed by atoms with Gasteiger partial charge in [0.1, 0.15) is 5.82 Å². The molecule has 0 saturated heterocycles. The zero-order valence-corrected chi connectivity index (χ0v) is 18.8. The Morgan fingerprint density at radius 1 is 1.09 bits per heavy atom. The fourth-order valence-corrected chi connectivity index (χ4v) is 4.42. The van der Waals surface area contributed by atoms with Gasteiger partial charge in [-0.15, -0.1) is 0 Å². The summed E-state index contributed by atoms with van der Waals surface area (Å²) in [6.07, 6.45) is 2.31. The Labute approximate surface area is 193 Å². The number of nitrogens with one attached hydrogen (secondary N) is 1. The van der Waals surface area contributed by atoms with Gasteiger partial charge in [-0.3, -0.25) is 9.59 Å². The minimum absolute atomic E-state index is 0.0105. The zero-order chi connectivity index (χ0) is 23.8. The van der Waals surface area contributed by atoms with Gasteiger partial charge in [0.25, 0.3) is 5.91 Å². The highest BCUT2D eigenvalue weighted by atomic mass is 35.5. The molecule has 4 rings (SSSR count). The number of rotatable bonds is 5. The Balaban J connectivity index is 1.70. The van der Waals surface area contributed by atoms with Gasteiger partial charge >= 0.3 is 0 Å². The topological polar surface area (TPSA) is 98.1 Å². The van der Waals surface area contributed by atoms with E-state index in [2.05, 4.69) is 10.4 Å². The van der Waals surface area contributed by atoms with Crippen molar-refractivity contribution < 1.29 is 22.4 Å². The van der Waals surface area contributed by atoms with Crippen molar-refractivity contribution in [2.75, 3.05) is 11.6 Å². The molecular weight excluding hydrogens is 469 g/mol. The predicted octanol–water partition coefficient (Wildman–Crippen LogP) is 4.10. The Hall–Kier alpha value is -3.56. The number of hydrogen-bond acceptors (Lipinski definition) is 5. The molecule has 1 N–H and O–H groups in total. The maximum absolute atomic E-state index is 13.2. The summed E-state index contributed by atoms with van der Waals surface area (Å²) in [6.45, 7) is 0. The number of aromatic nitrogens is 2. The predicted molar refractivity (Wildman–Crippen MR) is 123 cm³/mol. The van der Waals surface area contributed by atoms with E-state index in [0.717, 1.165) is 23.1 Å². The first-order chi connectivity index (χ1) is 15.6. The third-order valence-electron chi connectivity index (χ3n) is 4.88. The number of hydrogen-bond donors (Lipinski definition) is 1. The van der Waals surface area contributed by atoms with E-state index < -0.39 is 27.5 Å². The molecule has 0 aliphatic heterocycles. The molecule has 1 heterocycles. The first kappa shape index (κ1) is 22.6. The van der Waals surface area contributed by atoms with Crippen LogP contribution in [0.25, 0.3) is 10.9 Å². The van der Waals surface area contributed by atoms with Crippen LogP contribution in [0, 0.1) is 5.82 Å². The van der Waals surface area contributed by atoms with E-state index >= 15 is 0 Å². The Bertz CT molecular complexity index is 1500. The average Bonchev–Trinajstić information content (AvgIpc) is 3.18. The van der Waals surface area contributed by atoms with Gasteiger partial charge in [-0.25, -0.2) is 17.5 Å². The summed E-state index contributed by atoms with van der Waals surface area (Å²) in [5.41, 5.74) is 1.20. The van der Waals surface area contributed by atoms with Gasteiger partial charge in [0, 0.05) is 34.1 Å². The lowest BCUT2D eigenvalue weighted by atomic mass is 10.1. The van der Waals surface area contributed by atoms with Crippen molar-refractivity contribution in [2.45, 2.75) is 11.3 Å². The van der Waals surface area contributed by atoms with Gasteiger partial charge in [0.2, 0.25) is 5.91 Å². The van der Waals surface area contributed by atoms with E-state index in [9.17, 15) is 22.4 Å². The van der Waals surface area contributed by atoms with Crippen LogP contribution in [0.5, 0.6) is 0 Å². The molecule has 0 saturated carbocycles. The quantitative estimate of drug-likeness (QED) is 0.459. The van der Waals surface area contributed by atoms with Crippen LogP contribution in [0.15, 0.2) is 71.8 Å². The molecule has 168 valence electrons. The highest BCUT2D eigenvalue weighted by molar-refractivity contribution is 7.91. The van der Waals surface area contributed by atoms with Crippen LogP contribution in [-0.2, 0) is 21.1 Å². The Kier molecular flexibility index (Phi) is 6.01. The molecular formula is C23H17ClFN3O4S. The van der Waals surface area contributed by atoms with Crippen molar-refractivity contribution >= 4 is 49.8 Å². The number of carbonyl (C=O) groups excluding carboxylic acids is 2. The van der Waals surface area contributed by atoms with Crippen LogP contribution >= 0.6 is 11.6 Å². The fraction of sp³-hybridized carbons (Fsp3) is 0.0870. The lowest BCUT2D eigenvalue weighted by Crippen LogP contribution is -2.15. The number of halogens is 2. The number of fused-ring (bicyclic) bond motifs is 1. The Morgan fingerprint density at radius 3 is 2.45 bits per heavy atom. The normalized spacial score (nSPS) is 11.5. The van der Waals surface area contributed by atoms with Crippen LogP contribution < -0.4 is 5.32 Å². The van der Waals surface area contributed by atoms with Crippen molar-refractivity contribution in [3.63, 3.8) is 0 Å². The van der Waals surface area contributed by atoms with Crippen LogP contribution in [0.4, 0.5) is 10.1 Å². The largest absolute Gasteiger partial charge is 0.326 e. The lowest BCUT2D eigenvalue weighted by molar-refractivity contribution is -0.115. The SMILES string of the molecule is CS(=O)(=O)c1cc(NC(=O)Cc2ccccc2Cl)cc2nn(C(=O)c3ccc(F)cc3)cc12. The van der Waals surface area contributed by atoms with E-state index in [0.29, 0.717) is 10.6 Å². The van der Waals surface area contributed by atoms with Crippen molar-refractivity contribution in [2.24, 2.45) is 0 Å². The minimum Gasteiger partial charge on any atom is -0.326 e. The number of nitrogens with zero attached hydrogens (tertiary/aromatic N) is 2. The van der Waals surface area contributed by atoms with Gasteiger partial charge in [-0.1, -0.05) is 29.8 Å². The maximum Gasteiger partial charge on any atom is 0.278 e. The third kappa shape index (κ3) is 4.94. The molecule has 0 bridgehead atoms. The summed E-state index contributed by atoms with van der Waals surface area (Å²) in [5, 5.41) is 7.51. The van der Waals surface area contributed by atoms with Gasteiger partial charge < -0.3 is 5.32 Å². The van der Waals surface area contributed by atoms with E-state index in [1.165, 1.54) is 30.5 Å². The van der Waals surface area contributed by atoms with Crippen LogP contribution in [0.2, 0.25) is 5.02 Å². The van der Waals surface area contributed by atoms with E-state index in [1.807, 2.05) is 0 Å². The molecule has 0 radical (unpaired) electrons. The lowest BCUT2D eigenvalue weighted by Gasteiger charge is -2.09. The molecule has 0 fully saturated rings. The molecule has 0 spiro atoms. The molecule has 1 amide bonds. The van der Waals surface area contributed by atoms with Crippen molar-refractivity contribution in [1.29, 1.82) is 0 Å². The molecule has 3 aromatic carbocycles. The fourth-order valence-electron chi connectivity index (χ4n) is 3.32. The van der Waals surface area contributed by atoms with Crippen molar-refractivity contribution in [3.8, 4) is 0 Å². The van der Waals surface area contributed by atoms with Crippen LogP contribution in [-0.4, -0.2) is 36.3 Å². The molecule has 7 nitrogen and oxygen atoms in total. The number of sulfone groups is 1. The molecule has 10 heteroatoms. The van der Waals surface area contributed by atoms with Crippen LogP contribution in [0.3, 0.4) is 0 Å². The molecule has 0 unspecified atom stereocenters. The second kappa shape index (κ2) is 8.76. The summed E-state index contributed by atoms with van der Waals surface area (Å²) < 4.78 is 39.0. The zero-order valence-electron chi connectivity index (χ0n) is 17.2. The highest BCUT2D eigenvalue weighted by Gasteiger charge is 2.20.